The molecule has 0 amide bonds. The van der Waals surface area contributed by atoms with E-state index in [0.29, 0.717) is 8.10 Å². The van der Waals surface area contributed by atoms with E-state index in [1.54, 1.807) is 0 Å². The maximum Gasteiger partial charge on any atom is 0.0677 e. The summed E-state index contributed by atoms with van der Waals surface area (Å²) in [6, 6.07) is 0. The van der Waals surface area contributed by atoms with Crippen molar-refractivity contribution >= 4 is 67.8 Å². The summed E-state index contributed by atoms with van der Waals surface area (Å²) < 4.78 is 1.24. The smallest absolute Gasteiger partial charge is 0.0677 e. The Morgan fingerprint density at radius 1 is 0.645 bits per heavy atom. The zero-order chi connectivity index (χ0) is 24.5. The minimum absolute atomic E-state index is 0.157. The lowest BCUT2D eigenvalue weighted by Crippen LogP contribution is -2.53. The van der Waals surface area contributed by atoms with Gasteiger partial charge in [0.05, 0.1) is 11.6 Å². The van der Waals surface area contributed by atoms with Gasteiger partial charge >= 0.3 is 0 Å². The quantitative estimate of drug-likeness (QED) is 0.101. The summed E-state index contributed by atoms with van der Waals surface area (Å²) in [6.07, 6.45) is 0. The third-order valence-corrected chi connectivity index (χ3v) is 7.48. The number of nitrogens with zero attached hydrogens (tertiary/aromatic N) is 3. The van der Waals surface area contributed by atoms with Gasteiger partial charge in [-0.2, -0.15) is 0 Å². The Hall–Kier alpha value is 1.99. The van der Waals surface area contributed by atoms with E-state index in [0.717, 1.165) is 52.4 Å². The second-order valence-electron chi connectivity index (χ2n) is 10.8. The molecule has 31 heavy (non-hydrogen) atoms. The highest BCUT2D eigenvalue weighted by molar-refractivity contribution is 14.1. The van der Waals surface area contributed by atoms with Gasteiger partial charge in [0.15, 0.2) is 0 Å². The fourth-order valence-electron chi connectivity index (χ4n) is 4.00. The topological polar surface area (TPSA) is 33.8 Å². The molecule has 2 unspecified atom stereocenters. The number of rotatable bonds is 15. The van der Waals surface area contributed by atoms with Crippen LogP contribution in [0.2, 0.25) is 0 Å². The highest BCUT2D eigenvalue weighted by Crippen LogP contribution is 2.29. The van der Waals surface area contributed by atoms with Gasteiger partial charge in [0.25, 0.3) is 0 Å². The first-order chi connectivity index (χ1) is 14.0. The van der Waals surface area contributed by atoms with E-state index in [2.05, 4.69) is 162 Å². The highest BCUT2D eigenvalue weighted by Gasteiger charge is 2.32. The summed E-state index contributed by atoms with van der Waals surface area (Å²) in [6.45, 7) is 31.5. The molecule has 0 aliphatic carbocycles. The first-order valence-corrected chi connectivity index (χ1v) is 15.2. The zero-order valence-corrected chi connectivity index (χ0v) is 28.3. The maximum absolute atomic E-state index is 3.67. The summed E-state index contributed by atoms with van der Waals surface area (Å²) in [5.74, 6) is 0. The molecule has 0 rings (SSSR count). The molecule has 0 saturated carbocycles. The Morgan fingerprint density at radius 2 is 1.06 bits per heavy atom. The van der Waals surface area contributed by atoms with Crippen LogP contribution < -0.4 is 10.6 Å². The Balaban J connectivity index is 4.26. The van der Waals surface area contributed by atoms with Crippen LogP contribution in [-0.2, 0) is 0 Å². The van der Waals surface area contributed by atoms with Crippen LogP contribution in [0, 0.1) is 0 Å². The molecule has 0 radical (unpaired) electrons. The van der Waals surface area contributed by atoms with Crippen molar-refractivity contribution in [2.24, 2.45) is 0 Å². The van der Waals surface area contributed by atoms with Gasteiger partial charge in [-0.3, -0.25) is 14.7 Å². The van der Waals surface area contributed by atoms with Crippen molar-refractivity contribution in [1.29, 1.82) is 0 Å². The maximum atomic E-state index is 3.67. The van der Waals surface area contributed by atoms with Crippen LogP contribution in [0.4, 0.5) is 0 Å². The van der Waals surface area contributed by atoms with E-state index in [1.807, 2.05) is 0 Å². The standard InChI is InChI=1S/C23H50I3N5/c1-19(24)29(15-11-27-13-17-30(20(2)25)21(3,4)5)16-12-28-14-18-31(22(6,7)8)23(9,10)26/h19-20,27-28H,11-18H2,1-10H3. The van der Waals surface area contributed by atoms with Crippen molar-refractivity contribution < 1.29 is 0 Å². The molecule has 0 aliphatic heterocycles. The van der Waals surface area contributed by atoms with Crippen LogP contribution >= 0.6 is 67.8 Å². The summed E-state index contributed by atoms with van der Waals surface area (Å²) >= 11 is 7.62. The summed E-state index contributed by atoms with van der Waals surface area (Å²) in [5.41, 5.74) is 0.393. The molecule has 2 atom stereocenters. The second-order valence-corrected chi connectivity index (χ2v) is 17.0. The highest BCUT2D eigenvalue weighted by atomic mass is 127. The van der Waals surface area contributed by atoms with Crippen molar-refractivity contribution in [3.8, 4) is 0 Å². The summed E-state index contributed by atoms with van der Waals surface area (Å²) in [5, 5.41) is 7.33. The molecule has 2 N–H and O–H groups in total. The average Bonchev–Trinajstić information content (AvgIpc) is 2.54. The third-order valence-electron chi connectivity index (χ3n) is 5.44. The minimum Gasteiger partial charge on any atom is -0.314 e. The zero-order valence-electron chi connectivity index (χ0n) is 21.8. The minimum atomic E-state index is 0.157. The number of halogens is 3. The van der Waals surface area contributed by atoms with Crippen molar-refractivity contribution in [2.45, 2.75) is 92.0 Å². The molecular weight excluding hydrogens is 727 g/mol. The fourth-order valence-corrected chi connectivity index (χ4v) is 6.64. The van der Waals surface area contributed by atoms with Crippen LogP contribution in [0.25, 0.3) is 0 Å². The lowest BCUT2D eigenvalue weighted by atomic mass is 10.0. The van der Waals surface area contributed by atoms with Crippen LogP contribution in [0.3, 0.4) is 0 Å². The Labute approximate surface area is 235 Å². The molecule has 0 bridgehead atoms. The van der Waals surface area contributed by atoms with Gasteiger partial charge in [-0.15, -0.1) is 0 Å². The number of alkyl halides is 3. The van der Waals surface area contributed by atoms with Gasteiger partial charge in [0.2, 0.25) is 0 Å². The molecular formula is C23H50I3N5. The normalized spacial score (nSPS) is 15.9. The molecule has 0 spiro atoms. The second kappa shape index (κ2) is 15.2. The SMILES string of the molecule is CC(I)N(CCNCCN(C(C)I)C(C)(C)C)CCNCCN(C(C)(C)C)C(C)(C)I. The summed E-state index contributed by atoms with van der Waals surface area (Å²) in [7, 11) is 0. The Kier molecular flexibility index (Phi) is 16.2. The van der Waals surface area contributed by atoms with Gasteiger partial charge in [-0.05, 0) is 69.2 Å². The molecule has 0 aromatic carbocycles. The number of hydrogen-bond donors (Lipinski definition) is 2. The van der Waals surface area contributed by atoms with E-state index in [4.69, 9.17) is 0 Å². The Morgan fingerprint density at radius 3 is 1.39 bits per heavy atom. The van der Waals surface area contributed by atoms with Crippen molar-refractivity contribution in [3.63, 3.8) is 0 Å². The van der Waals surface area contributed by atoms with Crippen LogP contribution in [0.15, 0.2) is 0 Å². The molecule has 0 fully saturated rings. The number of nitrogens with one attached hydrogen (secondary N) is 2. The number of hydrogen-bond acceptors (Lipinski definition) is 5. The lowest BCUT2D eigenvalue weighted by molar-refractivity contribution is 0.0908. The van der Waals surface area contributed by atoms with Crippen LogP contribution in [0.1, 0.15) is 69.2 Å². The molecule has 188 valence electrons. The summed E-state index contributed by atoms with van der Waals surface area (Å²) in [4.78, 5) is 7.70. The van der Waals surface area contributed by atoms with Crippen LogP contribution in [-0.4, -0.2) is 89.8 Å². The van der Waals surface area contributed by atoms with Gasteiger partial charge in [-0.25, -0.2) is 0 Å². The predicted octanol–water partition coefficient (Wildman–Crippen LogP) is 5.40. The van der Waals surface area contributed by atoms with E-state index < -0.39 is 0 Å². The molecule has 8 heteroatoms. The first kappa shape index (κ1) is 33.0. The van der Waals surface area contributed by atoms with E-state index in [1.165, 1.54) is 0 Å². The molecule has 0 aliphatic rings. The molecule has 5 nitrogen and oxygen atoms in total. The average molecular weight is 777 g/mol. The lowest BCUT2D eigenvalue weighted by Gasteiger charge is -2.44. The van der Waals surface area contributed by atoms with Gasteiger partial charge in [0, 0.05) is 63.4 Å². The van der Waals surface area contributed by atoms with Crippen LogP contribution in [0.5, 0.6) is 0 Å². The van der Waals surface area contributed by atoms with Gasteiger partial charge in [-0.1, -0.05) is 67.8 Å². The van der Waals surface area contributed by atoms with Crippen molar-refractivity contribution in [1.82, 2.24) is 25.3 Å². The Bertz CT molecular complexity index is 453. The third kappa shape index (κ3) is 14.9. The first-order valence-electron chi connectivity index (χ1n) is 11.6. The van der Waals surface area contributed by atoms with Gasteiger partial charge < -0.3 is 10.6 Å². The van der Waals surface area contributed by atoms with Gasteiger partial charge in [0.1, 0.15) is 0 Å². The van der Waals surface area contributed by atoms with E-state index in [-0.39, 0.29) is 14.6 Å². The molecule has 0 aromatic heterocycles. The molecule has 0 heterocycles. The monoisotopic (exact) mass is 777 g/mol. The van der Waals surface area contributed by atoms with E-state index in [9.17, 15) is 0 Å². The van der Waals surface area contributed by atoms with Crippen molar-refractivity contribution in [2.75, 3.05) is 52.4 Å². The molecule has 0 aromatic rings. The van der Waals surface area contributed by atoms with Crippen molar-refractivity contribution in [3.05, 3.63) is 0 Å². The predicted molar refractivity (Wildman–Crippen MR) is 165 cm³/mol. The molecule has 0 saturated heterocycles. The largest absolute Gasteiger partial charge is 0.314 e. The van der Waals surface area contributed by atoms with E-state index >= 15 is 0 Å². The fraction of sp³-hybridized carbons (Fsp3) is 1.00.